The molecule has 2 atom stereocenters. The number of halogens is 3. The summed E-state index contributed by atoms with van der Waals surface area (Å²) >= 11 is 1.07. The van der Waals surface area contributed by atoms with E-state index in [0.29, 0.717) is 33.8 Å². The fourth-order valence-electron chi connectivity index (χ4n) is 6.70. The van der Waals surface area contributed by atoms with Gasteiger partial charge in [0.15, 0.2) is 0 Å². The van der Waals surface area contributed by atoms with Gasteiger partial charge in [-0.1, -0.05) is 6.07 Å². The van der Waals surface area contributed by atoms with Gasteiger partial charge in [-0.05, 0) is 62.9 Å². The highest BCUT2D eigenvalue weighted by molar-refractivity contribution is 7.18. The maximum Gasteiger partial charge on any atom is 0.393 e. The standard InChI is InChI=1S/C32H39F3N8S/c1-20-16-42(11-8-37-20)21(2)17-43-25(15-36)12-27-22(3)23(4-5-29(27)43)18-41-9-6-24(7-10-41)40-30-28-13-26(14-32(33,34)35)44-31(28)39-19-38-30/h4-5,12-13,19-21,24,37H,6-11,14,16-18H2,1-3H3,(H,38,39,40). The molecule has 2 unspecified atom stereocenters. The fraction of sp³-hybridized carbons (Fsp3) is 0.531. The lowest BCUT2D eigenvalue weighted by atomic mass is 10.0. The highest BCUT2D eigenvalue weighted by Crippen LogP contribution is 2.33. The molecular formula is C32H39F3N8S. The Bertz CT molecular complexity index is 1660. The van der Waals surface area contributed by atoms with Crippen molar-refractivity contribution in [2.24, 2.45) is 0 Å². The van der Waals surface area contributed by atoms with Crippen LogP contribution in [0, 0.1) is 18.3 Å². The predicted octanol–water partition coefficient (Wildman–Crippen LogP) is 5.69. The van der Waals surface area contributed by atoms with Gasteiger partial charge in [0, 0.05) is 79.7 Å². The van der Waals surface area contributed by atoms with Crippen LogP contribution in [0.15, 0.2) is 30.6 Å². The third kappa shape index (κ3) is 6.71. The molecule has 2 fully saturated rings. The number of nitrogens with zero attached hydrogens (tertiary/aromatic N) is 6. The minimum atomic E-state index is -4.25. The molecular weight excluding hydrogens is 585 g/mol. The Labute approximate surface area is 259 Å². The van der Waals surface area contributed by atoms with Gasteiger partial charge in [-0.3, -0.25) is 9.80 Å². The van der Waals surface area contributed by atoms with Crippen LogP contribution in [0.5, 0.6) is 0 Å². The predicted molar refractivity (Wildman–Crippen MR) is 169 cm³/mol. The Morgan fingerprint density at radius 3 is 2.68 bits per heavy atom. The second kappa shape index (κ2) is 12.6. The second-order valence-corrected chi connectivity index (χ2v) is 13.5. The van der Waals surface area contributed by atoms with Crippen LogP contribution in [-0.4, -0.2) is 81.4 Å². The lowest BCUT2D eigenvalue weighted by Crippen LogP contribution is -2.53. The molecule has 5 heterocycles. The van der Waals surface area contributed by atoms with E-state index < -0.39 is 12.6 Å². The molecule has 6 rings (SSSR count). The van der Waals surface area contributed by atoms with Gasteiger partial charge in [-0.2, -0.15) is 18.4 Å². The highest BCUT2D eigenvalue weighted by atomic mass is 32.1. The van der Waals surface area contributed by atoms with Crippen LogP contribution in [0.2, 0.25) is 0 Å². The largest absolute Gasteiger partial charge is 0.393 e. The van der Waals surface area contributed by atoms with E-state index in [1.807, 2.05) is 6.07 Å². The number of benzene rings is 1. The van der Waals surface area contributed by atoms with Crippen molar-refractivity contribution in [2.75, 3.05) is 38.0 Å². The zero-order valence-electron chi connectivity index (χ0n) is 25.4. The lowest BCUT2D eigenvalue weighted by molar-refractivity contribution is -0.126. The van der Waals surface area contributed by atoms with Crippen molar-refractivity contribution in [3.8, 4) is 6.07 Å². The molecule has 0 aliphatic carbocycles. The molecule has 0 radical (unpaired) electrons. The smallest absolute Gasteiger partial charge is 0.367 e. The van der Waals surface area contributed by atoms with Crippen LogP contribution in [0.25, 0.3) is 21.1 Å². The van der Waals surface area contributed by atoms with Crippen molar-refractivity contribution in [1.29, 1.82) is 5.26 Å². The van der Waals surface area contributed by atoms with E-state index in [0.717, 1.165) is 80.9 Å². The average Bonchev–Trinajstić information content (AvgIpc) is 3.56. The Hall–Kier alpha value is -3.24. The summed E-state index contributed by atoms with van der Waals surface area (Å²) in [5, 5.41) is 18.8. The highest BCUT2D eigenvalue weighted by Gasteiger charge is 2.29. The maximum atomic E-state index is 12.9. The first-order valence-electron chi connectivity index (χ1n) is 15.4. The molecule has 4 aromatic rings. The Morgan fingerprint density at radius 1 is 1.16 bits per heavy atom. The molecule has 234 valence electrons. The van der Waals surface area contributed by atoms with Gasteiger partial charge in [0.25, 0.3) is 0 Å². The molecule has 2 aliphatic rings. The summed E-state index contributed by atoms with van der Waals surface area (Å²) in [7, 11) is 0. The summed E-state index contributed by atoms with van der Waals surface area (Å²) in [6.07, 6.45) is -1.96. The van der Waals surface area contributed by atoms with Crippen molar-refractivity contribution in [3.63, 3.8) is 0 Å². The second-order valence-electron chi connectivity index (χ2n) is 12.4. The molecule has 12 heteroatoms. The zero-order chi connectivity index (χ0) is 31.0. The first-order valence-corrected chi connectivity index (χ1v) is 16.2. The van der Waals surface area contributed by atoms with E-state index in [4.69, 9.17) is 0 Å². The number of fused-ring (bicyclic) bond motifs is 2. The van der Waals surface area contributed by atoms with Crippen LogP contribution in [0.3, 0.4) is 0 Å². The number of hydrogen-bond donors (Lipinski definition) is 2. The molecule has 0 amide bonds. The quantitative estimate of drug-likeness (QED) is 0.261. The van der Waals surface area contributed by atoms with Crippen molar-refractivity contribution in [3.05, 3.63) is 52.3 Å². The van der Waals surface area contributed by atoms with Gasteiger partial charge in [0.2, 0.25) is 0 Å². The lowest BCUT2D eigenvalue weighted by Gasteiger charge is -2.36. The number of alkyl halides is 3. The Morgan fingerprint density at radius 2 is 1.95 bits per heavy atom. The number of aromatic nitrogens is 3. The third-order valence-electron chi connectivity index (χ3n) is 9.13. The van der Waals surface area contributed by atoms with Gasteiger partial charge in [0.1, 0.15) is 28.7 Å². The zero-order valence-corrected chi connectivity index (χ0v) is 26.2. The number of likely N-dealkylation sites (tertiary alicyclic amines) is 1. The number of piperazine rings is 1. The topological polar surface area (TPSA) is 85.0 Å². The molecule has 0 spiro atoms. The minimum Gasteiger partial charge on any atom is -0.367 e. The number of nitriles is 1. The van der Waals surface area contributed by atoms with Crippen molar-refractivity contribution in [1.82, 2.24) is 29.7 Å². The normalized spacial score (nSPS) is 19.9. The maximum absolute atomic E-state index is 12.9. The van der Waals surface area contributed by atoms with Crippen molar-refractivity contribution >= 4 is 38.3 Å². The molecule has 0 bridgehead atoms. The van der Waals surface area contributed by atoms with Crippen molar-refractivity contribution < 1.29 is 13.2 Å². The number of rotatable bonds is 8. The van der Waals surface area contributed by atoms with E-state index in [-0.39, 0.29) is 10.9 Å². The molecule has 8 nitrogen and oxygen atoms in total. The molecule has 0 saturated carbocycles. The number of hydrogen-bond acceptors (Lipinski definition) is 8. The summed E-state index contributed by atoms with van der Waals surface area (Å²) in [6, 6.07) is 11.4. The number of nitrogens with one attached hydrogen (secondary N) is 2. The monoisotopic (exact) mass is 624 g/mol. The first-order chi connectivity index (χ1) is 21.1. The first kappa shape index (κ1) is 30.8. The Kier molecular flexibility index (Phi) is 8.84. The molecule has 1 aromatic carbocycles. The van der Waals surface area contributed by atoms with E-state index >= 15 is 0 Å². The van der Waals surface area contributed by atoms with Crippen LogP contribution in [0.1, 0.15) is 48.4 Å². The summed E-state index contributed by atoms with van der Waals surface area (Å²) in [4.78, 5) is 14.3. The summed E-state index contributed by atoms with van der Waals surface area (Å²) in [5.74, 6) is 0.609. The molecule has 3 aromatic heterocycles. The van der Waals surface area contributed by atoms with E-state index in [2.05, 4.69) is 73.9 Å². The SMILES string of the molecule is Cc1c(CN2CCC(Nc3ncnc4sc(CC(F)(F)F)cc34)CC2)ccc2c1cc(C#N)n2CC(C)N1CCNC(C)C1. The number of aryl methyl sites for hydroxylation is 1. The summed E-state index contributed by atoms with van der Waals surface area (Å²) < 4.78 is 41.0. The van der Waals surface area contributed by atoms with Crippen LogP contribution >= 0.6 is 11.3 Å². The number of piperidine rings is 1. The van der Waals surface area contributed by atoms with Gasteiger partial charge >= 0.3 is 6.18 Å². The van der Waals surface area contributed by atoms with Crippen LogP contribution in [-0.2, 0) is 19.5 Å². The molecule has 2 aliphatic heterocycles. The summed E-state index contributed by atoms with van der Waals surface area (Å²) in [6.45, 7) is 13.1. The molecule has 2 N–H and O–H groups in total. The Balaban J connectivity index is 1.10. The van der Waals surface area contributed by atoms with E-state index in [9.17, 15) is 18.4 Å². The van der Waals surface area contributed by atoms with Gasteiger partial charge in [-0.25, -0.2) is 9.97 Å². The average molecular weight is 625 g/mol. The molecule has 44 heavy (non-hydrogen) atoms. The van der Waals surface area contributed by atoms with Gasteiger partial charge in [0.05, 0.1) is 11.8 Å². The summed E-state index contributed by atoms with van der Waals surface area (Å²) in [5.41, 5.74) is 4.31. The van der Waals surface area contributed by atoms with Crippen molar-refractivity contribution in [2.45, 2.75) is 77.4 Å². The molecule has 2 saturated heterocycles. The third-order valence-corrected chi connectivity index (χ3v) is 10.2. The van der Waals surface area contributed by atoms with E-state index in [1.165, 1.54) is 17.5 Å². The van der Waals surface area contributed by atoms with Gasteiger partial charge in [-0.15, -0.1) is 11.3 Å². The number of anilines is 1. The van der Waals surface area contributed by atoms with Crippen LogP contribution in [0.4, 0.5) is 19.0 Å². The number of thiophene rings is 1. The van der Waals surface area contributed by atoms with Gasteiger partial charge < -0.3 is 15.2 Å². The van der Waals surface area contributed by atoms with E-state index in [1.54, 1.807) is 6.07 Å². The minimum absolute atomic E-state index is 0.187. The fourth-order valence-corrected chi connectivity index (χ4v) is 7.73. The van der Waals surface area contributed by atoms with Crippen LogP contribution < -0.4 is 10.6 Å².